The smallest absolute Gasteiger partial charge is 0.173 e. The number of aryl methyl sites for hydroxylation is 2. The summed E-state index contributed by atoms with van der Waals surface area (Å²) in [5.74, 6) is 0. The summed E-state index contributed by atoms with van der Waals surface area (Å²) in [4.78, 5) is 4.71. The van der Waals surface area contributed by atoms with Crippen molar-refractivity contribution in [3.63, 3.8) is 0 Å². The van der Waals surface area contributed by atoms with Crippen LogP contribution in [0.25, 0.3) is 0 Å². The molecular weight excluding hydrogens is 378 g/mol. The Kier molecular flexibility index (Phi) is 7.90. The van der Waals surface area contributed by atoms with Crippen LogP contribution in [0.1, 0.15) is 36.5 Å². The van der Waals surface area contributed by atoms with Crippen LogP contribution in [0.2, 0.25) is 0 Å². The molecule has 0 bridgehead atoms. The number of thiocarbonyl (C=S) groups is 1. The van der Waals surface area contributed by atoms with Gasteiger partial charge in [0, 0.05) is 44.7 Å². The molecule has 0 atom stereocenters. The van der Waals surface area contributed by atoms with Crippen LogP contribution in [0.5, 0.6) is 0 Å². The quantitative estimate of drug-likeness (QED) is 0.617. The van der Waals surface area contributed by atoms with Crippen molar-refractivity contribution in [3.8, 4) is 0 Å². The van der Waals surface area contributed by atoms with E-state index in [4.69, 9.17) is 17.0 Å². The second kappa shape index (κ2) is 10.6. The van der Waals surface area contributed by atoms with Crippen molar-refractivity contribution < 1.29 is 4.74 Å². The van der Waals surface area contributed by atoms with E-state index in [1.807, 2.05) is 6.07 Å². The van der Waals surface area contributed by atoms with Crippen LogP contribution in [-0.2, 0) is 17.7 Å². The molecule has 2 aromatic rings. The molecule has 156 valence electrons. The number of methoxy groups -OCH3 is 1. The van der Waals surface area contributed by atoms with E-state index in [-0.39, 0.29) is 0 Å². The molecule has 0 saturated heterocycles. The molecule has 0 amide bonds. The number of benzene rings is 2. The largest absolute Gasteiger partial charge is 0.383 e. The Labute approximate surface area is 180 Å². The molecule has 0 spiro atoms. The molecule has 1 aliphatic rings. The average Bonchev–Trinajstić information content (AvgIpc) is 2.71. The molecular formula is C24H33N3OS. The highest BCUT2D eigenvalue weighted by Gasteiger charge is 2.18. The van der Waals surface area contributed by atoms with Gasteiger partial charge >= 0.3 is 0 Å². The van der Waals surface area contributed by atoms with E-state index in [1.54, 1.807) is 7.11 Å². The third-order valence-corrected chi connectivity index (χ3v) is 5.71. The Bertz CT molecular complexity index is 824. The maximum absolute atomic E-state index is 5.74. The minimum Gasteiger partial charge on any atom is -0.383 e. The fraction of sp³-hybridized carbons (Fsp3) is 0.458. The highest BCUT2D eigenvalue weighted by atomic mass is 32.1. The van der Waals surface area contributed by atoms with Crippen molar-refractivity contribution in [1.82, 2.24) is 4.90 Å². The Morgan fingerprint density at radius 2 is 2.10 bits per heavy atom. The van der Waals surface area contributed by atoms with Crippen LogP contribution in [-0.4, -0.2) is 43.4 Å². The second-order valence-corrected chi connectivity index (χ2v) is 8.15. The SMILES string of the molecule is CCCN1CCCc2cc(CN(CCOC)C(=S)Nc3cccc(C)c3)ccc21. The lowest BCUT2D eigenvalue weighted by Gasteiger charge is -2.32. The molecule has 3 rings (SSSR count). The van der Waals surface area contributed by atoms with Gasteiger partial charge in [-0.15, -0.1) is 0 Å². The van der Waals surface area contributed by atoms with Gasteiger partial charge in [0.15, 0.2) is 5.11 Å². The highest BCUT2D eigenvalue weighted by Crippen LogP contribution is 2.28. The maximum Gasteiger partial charge on any atom is 0.173 e. The van der Waals surface area contributed by atoms with Crippen LogP contribution in [0, 0.1) is 6.92 Å². The summed E-state index contributed by atoms with van der Waals surface area (Å²) in [6, 6.07) is 15.2. The number of anilines is 2. The second-order valence-electron chi connectivity index (χ2n) is 7.77. The van der Waals surface area contributed by atoms with E-state index in [0.717, 1.165) is 36.9 Å². The van der Waals surface area contributed by atoms with Gasteiger partial charge in [-0.05, 0) is 73.3 Å². The molecule has 2 aromatic carbocycles. The first-order chi connectivity index (χ1) is 14.1. The Morgan fingerprint density at radius 3 is 2.86 bits per heavy atom. The minimum absolute atomic E-state index is 0.644. The summed E-state index contributed by atoms with van der Waals surface area (Å²) < 4.78 is 5.33. The average molecular weight is 412 g/mol. The molecule has 0 radical (unpaired) electrons. The zero-order valence-corrected chi connectivity index (χ0v) is 18.7. The molecule has 4 nitrogen and oxygen atoms in total. The number of fused-ring (bicyclic) bond motifs is 1. The first-order valence-electron chi connectivity index (χ1n) is 10.6. The van der Waals surface area contributed by atoms with Crippen LogP contribution >= 0.6 is 12.2 Å². The van der Waals surface area contributed by atoms with E-state index < -0.39 is 0 Å². The summed E-state index contributed by atoms with van der Waals surface area (Å²) in [6.45, 7) is 8.83. The van der Waals surface area contributed by atoms with E-state index in [9.17, 15) is 0 Å². The fourth-order valence-corrected chi connectivity index (χ4v) is 4.20. The van der Waals surface area contributed by atoms with E-state index in [1.165, 1.54) is 41.8 Å². The predicted molar refractivity (Wildman–Crippen MR) is 127 cm³/mol. The molecule has 1 aliphatic heterocycles. The standard InChI is InChI=1S/C24H33N3OS/c1-4-12-26-13-6-8-21-17-20(10-11-23(21)26)18-27(14-15-28-3)24(29)25-22-9-5-7-19(2)16-22/h5,7,9-11,16-17H,4,6,8,12-15,18H2,1-3H3,(H,25,29). The van der Waals surface area contributed by atoms with Crippen LogP contribution in [0.15, 0.2) is 42.5 Å². The van der Waals surface area contributed by atoms with Gasteiger partial charge in [-0.25, -0.2) is 0 Å². The fourth-order valence-electron chi connectivity index (χ4n) is 3.93. The number of rotatable bonds is 8. The van der Waals surface area contributed by atoms with E-state index in [0.29, 0.717) is 6.61 Å². The van der Waals surface area contributed by atoms with Gasteiger partial charge in [0.05, 0.1) is 6.61 Å². The Hall–Kier alpha value is -2.11. The van der Waals surface area contributed by atoms with Gasteiger partial charge in [-0.3, -0.25) is 0 Å². The van der Waals surface area contributed by atoms with E-state index in [2.05, 4.69) is 65.4 Å². The van der Waals surface area contributed by atoms with Crippen molar-refractivity contribution in [2.75, 3.05) is 43.6 Å². The summed E-state index contributed by atoms with van der Waals surface area (Å²) >= 11 is 5.74. The van der Waals surface area contributed by atoms with Gasteiger partial charge < -0.3 is 19.9 Å². The van der Waals surface area contributed by atoms with Crippen LogP contribution < -0.4 is 10.2 Å². The summed E-state index contributed by atoms with van der Waals surface area (Å²) in [6.07, 6.45) is 3.58. The minimum atomic E-state index is 0.644. The molecule has 0 unspecified atom stereocenters. The number of ether oxygens (including phenoxy) is 1. The van der Waals surface area contributed by atoms with Gasteiger partial charge in [-0.1, -0.05) is 31.2 Å². The van der Waals surface area contributed by atoms with Crippen molar-refractivity contribution in [2.45, 2.75) is 39.7 Å². The monoisotopic (exact) mass is 411 g/mol. The molecule has 0 saturated carbocycles. The molecule has 0 aromatic heterocycles. The molecule has 5 heteroatoms. The zero-order chi connectivity index (χ0) is 20.6. The van der Waals surface area contributed by atoms with Crippen molar-refractivity contribution >= 4 is 28.7 Å². The first kappa shape index (κ1) is 21.6. The van der Waals surface area contributed by atoms with Crippen molar-refractivity contribution in [1.29, 1.82) is 0 Å². The van der Waals surface area contributed by atoms with Crippen molar-refractivity contribution in [2.24, 2.45) is 0 Å². The lowest BCUT2D eigenvalue weighted by molar-refractivity contribution is 0.175. The Morgan fingerprint density at radius 1 is 1.24 bits per heavy atom. The highest BCUT2D eigenvalue weighted by molar-refractivity contribution is 7.80. The van der Waals surface area contributed by atoms with Crippen LogP contribution in [0.3, 0.4) is 0 Å². The van der Waals surface area contributed by atoms with Gasteiger partial charge in [0.2, 0.25) is 0 Å². The summed E-state index contributed by atoms with van der Waals surface area (Å²) in [5.41, 5.74) is 6.41. The summed E-state index contributed by atoms with van der Waals surface area (Å²) in [7, 11) is 1.73. The van der Waals surface area contributed by atoms with Gasteiger partial charge in [0.1, 0.15) is 0 Å². The Balaban J connectivity index is 1.73. The van der Waals surface area contributed by atoms with E-state index >= 15 is 0 Å². The summed E-state index contributed by atoms with van der Waals surface area (Å²) in [5, 5.41) is 4.13. The molecule has 29 heavy (non-hydrogen) atoms. The topological polar surface area (TPSA) is 27.7 Å². The number of nitrogens with zero attached hydrogens (tertiary/aromatic N) is 2. The van der Waals surface area contributed by atoms with Crippen LogP contribution in [0.4, 0.5) is 11.4 Å². The molecule has 0 fully saturated rings. The zero-order valence-electron chi connectivity index (χ0n) is 17.9. The number of hydrogen-bond acceptors (Lipinski definition) is 3. The van der Waals surface area contributed by atoms with Crippen molar-refractivity contribution in [3.05, 3.63) is 59.2 Å². The first-order valence-corrected chi connectivity index (χ1v) is 11.0. The number of hydrogen-bond donors (Lipinski definition) is 1. The normalized spacial score (nSPS) is 13.1. The molecule has 1 N–H and O–H groups in total. The predicted octanol–water partition coefficient (Wildman–Crippen LogP) is 5.00. The third kappa shape index (κ3) is 5.94. The lowest BCUT2D eigenvalue weighted by Crippen LogP contribution is -2.36. The molecule has 1 heterocycles. The third-order valence-electron chi connectivity index (χ3n) is 5.35. The molecule has 0 aliphatic carbocycles. The maximum atomic E-state index is 5.74. The van der Waals surface area contributed by atoms with Gasteiger partial charge in [0.25, 0.3) is 0 Å². The van der Waals surface area contributed by atoms with Gasteiger partial charge in [-0.2, -0.15) is 0 Å². The number of nitrogens with one attached hydrogen (secondary N) is 1. The lowest BCUT2D eigenvalue weighted by atomic mass is 9.99.